The first-order valence-corrected chi connectivity index (χ1v) is 8.56. The van der Waals surface area contributed by atoms with Gasteiger partial charge < -0.3 is 10.1 Å². The molecule has 0 saturated heterocycles. The number of ether oxygens (including phenoxy) is 1. The summed E-state index contributed by atoms with van der Waals surface area (Å²) in [7, 11) is 0. The molecule has 2 unspecified atom stereocenters. The number of rotatable bonds is 4. The molecular formula is C19H29NO. The number of hydrogen-bond donors (Lipinski definition) is 1. The van der Waals surface area contributed by atoms with Gasteiger partial charge in [-0.1, -0.05) is 39.0 Å². The van der Waals surface area contributed by atoms with Crippen molar-refractivity contribution in [1.82, 2.24) is 5.32 Å². The lowest BCUT2D eigenvalue weighted by molar-refractivity contribution is 0.158. The van der Waals surface area contributed by atoms with E-state index in [1.165, 1.54) is 36.1 Å². The Hall–Kier alpha value is -1.02. The highest BCUT2D eigenvalue weighted by atomic mass is 16.5. The Morgan fingerprint density at radius 2 is 2.19 bits per heavy atom. The third-order valence-electron chi connectivity index (χ3n) is 5.33. The first kappa shape index (κ1) is 14.9. The largest absolute Gasteiger partial charge is 0.493 e. The zero-order valence-corrected chi connectivity index (χ0v) is 13.7. The Labute approximate surface area is 129 Å². The molecule has 0 amide bonds. The molecule has 2 aliphatic rings. The van der Waals surface area contributed by atoms with Gasteiger partial charge in [-0.25, -0.2) is 0 Å². The Kier molecular flexibility index (Phi) is 4.26. The van der Waals surface area contributed by atoms with Crippen molar-refractivity contribution in [3.05, 3.63) is 29.3 Å². The molecule has 2 nitrogen and oxygen atoms in total. The number of hydrogen-bond acceptors (Lipinski definition) is 2. The fourth-order valence-corrected chi connectivity index (χ4v) is 4.11. The van der Waals surface area contributed by atoms with Gasteiger partial charge in [0.2, 0.25) is 0 Å². The maximum atomic E-state index is 5.98. The average molecular weight is 287 g/mol. The lowest BCUT2D eigenvalue weighted by atomic mass is 9.65. The highest BCUT2D eigenvalue weighted by Crippen LogP contribution is 2.49. The Morgan fingerprint density at radius 1 is 1.33 bits per heavy atom. The van der Waals surface area contributed by atoms with Crippen LogP contribution in [-0.4, -0.2) is 19.7 Å². The van der Waals surface area contributed by atoms with Gasteiger partial charge in [-0.05, 0) is 60.7 Å². The van der Waals surface area contributed by atoms with Crippen molar-refractivity contribution in [3.63, 3.8) is 0 Å². The predicted octanol–water partition coefficient (Wildman–Crippen LogP) is 4.14. The molecule has 0 aromatic heterocycles. The standard InChI is InChI=1S/C19H29NO/c1-4-20-13-15-8-10-19(2,3)12-17(15)16-7-5-6-14-9-11-21-18(14)16/h5-7,15,17,20H,4,8-13H2,1-3H3. The lowest BCUT2D eigenvalue weighted by Crippen LogP contribution is -2.35. The van der Waals surface area contributed by atoms with Gasteiger partial charge >= 0.3 is 0 Å². The van der Waals surface area contributed by atoms with Gasteiger partial charge in [0, 0.05) is 6.42 Å². The van der Waals surface area contributed by atoms with Crippen molar-refractivity contribution in [3.8, 4) is 5.75 Å². The number of para-hydroxylation sites is 1. The van der Waals surface area contributed by atoms with Crippen molar-refractivity contribution >= 4 is 0 Å². The molecule has 0 bridgehead atoms. The molecule has 1 aromatic rings. The molecule has 1 aliphatic carbocycles. The Morgan fingerprint density at radius 3 is 3.00 bits per heavy atom. The molecule has 2 heteroatoms. The van der Waals surface area contributed by atoms with Crippen molar-refractivity contribution in [1.29, 1.82) is 0 Å². The Balaban J connectivity index is 1.90. The fourth-order valence-electron chi connectivity index (χ4n) is 4.11. The molecule has 0 spiro atoms. The third kappa shape index (κ3) is 3.11. The average Bonchev–Trinajstić information content (AvgIpc) is 2.93. The minimum atomic E-state index is 0.453. The summed E-state index contributed by atoms with van der Waals surface area (Å²) in [6.45, 7) is 10.1. The van der Waals surface area contributed by atoms with E-state index in [1.54, 1.807) is 0 Å². The monoisotopic (exact) mass is 287 g/mol. The maximum absolute atomic E-state index is 5.98. The molecule has 1 saturated carbocycles. The van der Waals surface area contributed by atoms with Crippen LogP contribution < -0.4 is 10.1 Å². The minimum Gasteiger partial charge on any atom is -0.493 e. The number of benzene rings is 1. The molecule has 1 heterocycles. The molecular weight excluding hydrogens is 258 g/mol. The van der Waals surface area contributed by atoms with Crippen LogP contribution in [0.2, 0.25) is 0 Å². The normalized spacial score (nSPS) is 27.2. The van der Waals surface area contributed by atoms with Crippen LogP contribution in [0.1, 0.15) is 57.1 Å². The van der Waals surface area contributed by atoms with Crippen LogP contribution in [0.25, 0.3) is 0 Å². The summed E-state index contributed by atoms with van der Waals surface area (Å²) < 4.78 is 5.98. The summed E-state index contributed by atoms with van der Waals surface area (Å²) in [5.74, 6) is 2.59. The van der Waals surface area contributed by atoms with Crippen LogP contribution in [0.4, 0.5) is 0 Å². The molecule has 1 aromatic carbocycles. The van der Waals surface area contributed by atoms with Crippen LogP contribution in [0.5, 0.6) is 5.75 Å². The molecule has 21 heavy (non-hydrogen) atoms. The topological polar surface area (TPSA) is 21.3 Å². The zero-order valence-electron chi connectivity index (χ0n) is 13.7. The highest BCUT2D eigenvalue weighted by Gasteiger charge is 2.37. The second-order valence-electron chi connectivity index (χ2n) is 7.52. The van der Waals surface area contributed by atoms with Gasteiger partial charge in [-0.2, -0.15) is 0 Å². The van der Waals surface area contributed by atoms with Gasteiger partial charge in [0.25, 0.3) is 0 Å². The molecule has 3 rings (SSSR count). The first-order valence-electron chi connectivity index (χ1n) is 8.56. The van der Waals surface area contributed by atoms with E-state index < -0.39 is 0 Å². The van der Waals surface area contributed by atoms with Gasteiger partial charge in [0.05, 0.1) is 6.61 Å². The van der Waals surface area contributed by atoms with Crippen molar-refractivity contribution in [2.24, 2.45) is 11.3 Å². The van der Waals surface area contributed by atoms with Crippen LogP contribution in [-0.2, 0) is 6.42 Å². The minimum absolute atomic E-state index is 0.453. The van der Waals surface area contributed by atoms with E-state index in [0.29, 0.717) is 11.3 Å². The van der Waals surface area contributed by atoms with Crippen molar-refractivity contribution in [2.45, 2.75) is 52.4 Å². The van der Waals surface area contributed by atoms with Gasteiger partial charge in [-0.3, -0.25) is 0 Å². The molecule has 2 atom stereocenters. The van der Waals surface area contributed by atoms with Crippen molar-refractivity contribution < 1.29 is 4.74 Å². The van der Waals surface area contributed by atoms with E-state index in [-0.39, 0.29) is 0 Å². The van der Waals surface area contributed by atoms with E-state index in [1.807, 2.05) is 0 Å². The predicted molar refractivity (Wildman–Crippen MR) is 88.0 cm³/mol. The Bertz CT molecular complexity index is 494. The van der Waals surface area contributed by atoms with Crippen LogP contribution >= 0.6 is 0 Å². The quantitative estimate of drug-likeness (QED) is 0.898. The zero-order chi connectivity index (χ0) is 14.9. The summed E-state index contributed by atoms with van der Waals surface area (Å²) >= 11 is 0. The second-order valence-corrected chi connectivity index (χ2v) is 7.52. The number of fused-ring (bicyclic) bond motifs is 1. The summed E-state index contributed by atoms with van der Waals surface area (Å²) in [6, 6.07) is 6.78. The van der Waals surface area contributed by atoms with E-state index in [0.717, 1.165) is 32.0 Å². The number of nitrogens with one attached hydrogen (secondary N) is 1. The maximum Gasteiger partial charge on any atom is 0.126 e. The smallest absolute Gasteiger partial charge is 0.126 e. The van der Waals surface area contributed by atoms with E-state index in [9.17, 15) is 0 Å². The van der Waals surface area contributed by atoms with Crippen molar-refractivity contribution in [2.75, 3.05) is 19.7 Å². The molecule has 1 fully saturated rings. The molecule has 1 N–H and O–H groups in total. The van der Waals surface area contributed by atoms with E-state index >= 15 is 0 Å². The van der Waals surface area contributed by atoms with Gasteiger partial charge in [-0.15, -0.1) is 0 Å². The van der Waals surface area contributed by atoms with Gasteiger partial charge in [0.1, 0.15) is 5.75 Å². The van der Waals surface area contributed by atoms with E-state index in [4.69, 9.17) is 4.74 Å². The summed E-state index contributed by atoms with van der Waals surface area (Å²) in [4.78, 5) is 0. The van der Waals surface area contributed by atoms with Crippen LogP contribution in [0, 0.1) is 11.3 Å². The molecule has 0 radical (unpaired) electrons. The van der Waals surface area contributed by atoms with Crippen LogP contribution in [0.3, 0.4) is 0 Å². The van der Waals surface area contributed by atoms with Crippen LogP contribution in [0.15, 0.2) is 18.2 Å². The SMILES string of the molecule is CCNCC1CCC(C)(C)CC1c1cccc2c1OCC2. The third-order valence-corrected chi connectivity index (χ3v) is 5.33. The second kappa shape index (κ2) is 6.00. The van der Waals surface area contributed by atoms with Gasteiger partial charge in [0.15, 0.2) is 0 Å². The summed E-state index contributed by atoms with van der Waals surface area (Å²) in [6.07, 6.45) is 5.03. The first-order chi connectivity index (χ1) is 10.1. The highest BCUT2D eigenvalue weighted by molar-refractivity contribution is 5.46. The summed E-state index contributed by atoms with van der Waals surface area (Å²) in [5.41, 5.74) is 3.34. The molecule has 1 aliphatic heterocycles. The fraction of sp³-hybridized carbons (Fsp3) is 0.684. The molecule has 116 valence electrons. The lowest BCUT2D eigenvalue weighted by Gasteiger charge is -2.41. The van der Waals surface area contributed by atoms with E-state index in [2.05, 4.69) is 44.3 Å². The summed E-state index contributed by atoms with van der Waals surface area (Å²) in [5, 5.41) is 3.57.